The number of hydrogen-bond donors (Lipinski definition) is 0. The van der Waals surface area contributed by atoms with E-state index in [4.69, 9.17) is 4.74 Å². The normalized spacial score (nSPS) is 17.1. The average molecular weight is 261 g/mol. The Kier molecular flexibility index (Phi) is 4.46. The van der Waals surface area contributed by atoms with Crippen LogP contribution < -0.4 is 4.74 Å². The van der Waals surface area contributed by atoms with Crippen LogP contribution in [0.5, 0.6) is 5.75 Å². The van der Waals surface area contributed by atoms with Crippen LogP contribution in [0.15, 0.2) is 18.2 Å². The van der Waals surface area contributed by atoms with Gasteiger partial charge in [0, 0.05) is 13.1 Å². The quantitative estimate of drug-likeness (QED) is 0.837. The van der Waals surface area contributed by atoms with Crippen molar-refractivity contribution in [1.29, 1.82) is 0 Å². The first-order valence-corrected chi connectivity index (χ1v) is 7.10. The highest BCUT2D eigenvalue weighted by atomic mass is 16.5. The molecule has 1 aromatic carbocycles. The Bertz CT molecular complexity index is 430. The summed E-state index contributed by atoms with van der Waals surface area (Å²) in [6.07, 6.45) is 3.06. The molecule has 0 spiro atoms. The molecule has 0 aromatic heterocycles. The standard InChI is InChI=1S/C16H23NO2/c1-12-9-13(2)11-15(10-12)19-14(3)16(18)17-7-5-4-6-8-17/h9-11,14H,4-8H2,1-3H3/t14-/m1/s1. The first-order chi connectivity index (χ1) is 9.06. The molecule has 3 heteroatoms. The highest BCUT2D eigenvalue weighted by Crippen LogP contribution is 2.19. The van der Waals surface area contributed by atoms with Gasteiger partial charge in [-0.2, -0.15) is 0 Å². The van der Waals surface area contributed by atoms with E-state index < -0.39 is 6.10 Å². The number of nitrogens with zero attached hydrogens (tertiary/aromatic N) is 1. The minimum absolute atomic E-state index is 0.110. The molecular weight excluding hydrogens is 238 g/mol. The Hall–Kier alpha value is -1.51. The second-order valence-corrected chi connectivity index (χ2v) is 5.47. The molecule has 2 rings (SSSR count). The first kappa shape index (κ1) is 13.9. The maximum atomic E-state index is 12.3. The van der Waals surface area contributed by atoms with Gasteiger partial charge in [0.25, 0.3) is 5.91 Å². The zero-order valence-corrected chi connectivity index (χ0v) is 12.1. The summed E-state index contributed by atoms with van der Waals surface area (Å²) >= 11 is 0. The number of likely N-dealkylation sites (tertiary alicyclic amines) is 1. The number of amides is 1. The van der Waals surface area contributed by atoms with E-state index in [1.54, 1.807) is 0 Å². The van der Waals surface area contributed by atoms with Gasteiger partial charge < -0.3 is 9.64 Å². The highest BCUT2D eigenvalue weighted by molar-refractivity contribution is 5.81. The van der Waals surface area contributed by atoms with Crippen molar-refractivity contribution in [2.24, 2.45) is 0 Å². The van der Waals surface area contributed by atoms with Crippen molar-refractivity contribution in [3.05, 3.63) is 29.3 Å². The molecular formula is C16H23NO2. The fourth-order valence-corrected chi connectivity index (χ4v) is 2.63. The summed E-state index contributed by atoms with van der Waals surface area (Å²) in [6, 6.07) is 6.06. The van der Waals surface area contributed by atoms with Gasteiger partial charge >= 0.3 is 0 Å². The number of benzene rings is 1. The van der Waals surface area contributed by atoms with Gasteiger partial charge in [-0.1, -0.05) is 6.07 Å². The predicted molar refractivity (Wildman–Crippen MR) is 76.4 cm³/mol. The van der Waals surface area contributed by atoms with Crippen molar-refractivity contribution in [3.8, 4) is 5.75 Å². The maximum Gasteiger partial charge on any atom is 0.263 e. The topological polar surface area (TPSA) is 29.5 Å². The minimum atomic E-state index is -0.403. The monoisotopic (exact) mass is 261 g/mol. The number of carbonyl (C=O) groups excluding carboxylic acids is 1. The molecule has 19 heavy (non-hydrogen) atoms. The summed E-state index contributed by atoms with van der Waals surface area (Å²) in [4.78, 5) is 14.2. The second kappa shape index (κ2) is 6.09. The zero-order valence-electron chi connectivity index (χ0n) is 12.1. The number of aryl methyl sites for hydroxylation is 2. The summed E-state index contributed by atoms with van der Waals surface area (Å²) in [5.74, 6) is 0.897. The largest absolute Gasteiger partial charge is 0.481 e. The van der Waals surface area contributed by atoms with Crippen molar-refractivity contribution in [2.75, 3.05) is 13.1 Å². The van der Waals surface area contributed by atoms with Crippen LogP contribution >= 0.6 is 0 Å². The van der Waals surface area contributed by atoms with Crippen LogP contribution in [0.3, 0.4) is 0 Å². The summed E-state index contributed by atoms with van der Waals surface area (Å²) in [5, 5.41) is 0. The smallest absolute Gasteiger partial charge is 0.263 e. The molecule has 3 nitrogen and oxygen atoms in total. The molecule has 0 bridgehead atoms. The Balaban J connectivity index is 1.99. The third kappa shape index (κ3) is 3.72. The first-order valence-electron chi connectivity index (χ1n) is 7.10. The van der Waals surface area contributed by atoms with Gasteiger partial charge in [-0.05, 0) is 63.3 Å². The molecule has 1 amide bonds. The lowest BCUT2D eigenvalue weighted by Crippen LogP contribution is -2.43. The van der Waals surface area contributed by atoms with Gasteiger partial charge in [-0.25, -0.2) is 0 Å². The molecule has 0 radical (unpaired) electrons. The van der Waals surface area contributed by atoms with E-state index in [0.717, 1.165) is 42.8 Å². The molecule has 1 aliphatic heterocycles. The minimum Gasteiger partial charge on any atom is -0.481 e. The molecule has 0 N–H and O–H groups in total. The van der Waals surface area contributed by atoms with Crippen LogP contribution in [0.1, 0.15) is 37.3 Å². The van der Waals surface area contributed by atoms with Gasteiger partial charge in [0.05, 0.1) is 0 Å². The number of piperidine rings is 1. The van der Waals surface area contributed by atoms with Crippen LogP contribution in [0.4, 0.5) is 0 Å². The van der Waals surface area contributed by atoms with Crippen LogP contribution in [0.25, 0.3) is 0 Å². The Morgan fingerprint density at radius 1 is 1.11 bits per heavy atom. The fourth-order valence-electron chi connectivity index (χ4n) is 2.63. The Labute approximate surface area is 115 Å². The lowest BCUT2D eigenvalue weighted by molar-refractivity contribution is -0.138. The van der Waals surface area contributed by atoms with Gasteiger partial charge in [0.1, 0.15) is 5.75 Å². The summed E-state index contributed by atoms with van der Waals surface area (Å²) in [7, 11) is 0. The summed E-state index contributed by atoms with van der Waals surface area (Å²) in [5.41, 5.74) is 2.32. The third-order valence-corrected chi connectivity index (χ3v) is 3.52. The highest BCUT2D eigenvalue weighted by Gasteiger charge is 2.23. The van der Waals surface area contributed by atoms with E-state index in [-0.39, 0.29) is 5.91 Å². The van der Waals surface area contributed by atoms with Crippen LogP contribution in [0, 0.1) is 13.8 Å². The molecule has 0 unspecified atom stereocenters. The van der Waals surface area contributed by atoms with E-state index in [0.29, 0.717) is 0 Å². The predicted octanol–water partition coefficient (Wildman–Crippen LogP) is 3.08. The molecule has 1 atom stereocenters. The van der Waals surface area contributed by atoms with Gasteiger partial charge in [-0.15, -0.1) is 0 Å². The van der Waals surface area contributed by atoms with Crippen LogP contribution in [-0.2, 0) is 4.79 Å². The molecule has 1 aromatic rings. The number of carbonyl (C=O) groups is 1. The molecule has 1 fully saturated rings. The molecule has 0 aliphatic carbocycles. The van der Waals surface area contributed by atoms with E-state index in [2.05, 4.69) is 6.07 Å². The van der Waals surface area contributed by atoms with Crippen molar-refractivity contribution in [3.63, 3.8) is 0 Å². The number of ether oxygens (including phenoxy) is 1. The van der Waals surface area contributed by atoms with Crippen molar-refractivity contribution in [1.82, 2.24) is 4.90 Å². The van der Waals surface area contributed by atoms with E-state index in [1.807, 2.05) is 37.8 Å². The Morgan fingerprint density at radius 3 is 2.26 bits per heavy atom. The zero-order chi connectivity index (χ0) is 13.8. The average Bonchev–Trinajstić information content (AvgIpc) is 2.37. The lowest BCUT2D eigenvalue weighted by Gasteiger charge is -2.29. The molecule has 1 heterocycles. The van der Waals surface area contributed by atoms with Crippen molar-refractivity contribution in [2.45, 2.75) is 46.1 Å². The van der Waals surface area contributed by atoms with Gasteiger partial charge in [0.2, 0.25) is 0 Å². The van der Waals surface area contributed by atoms with Gasteiger partial charge in [0.15, 0.2) is 6.10 Å². The van der Waals surface area contributed by atoms with E-state index >= 15 is 0 Å². The molecule has 1 saturated heterocycles. The molecule has 0 saturated carbocycles. The number of hydrogen-bond acceptors (Lipinski definition) is 2. The number of rotatable bonds is 3. The summed E-state index contributed by atoms with van der Waals surface area (Å²) < 4.78 is 5.80. The maximum absolute atomic E-state index is 12.3. The SMILES string of the molecule is Cc1cc(C)cc(O[C@H](C)C(=O)N2CCCCC2)c1. The molecule has 104 valence electrons. The summed E-state index contributed by atoms with van der Waals surface area (Å²) in [6.45, 7) is 7.67. The second-order valence-electron chi connectivity index (χ2n) is 5.47. The lowest BCUT2D eigenvalue weighted by atomic mass is 10.1. The van der Waals surface area contributed by atoms with Crippen molar-refractivity contribution < 1.29 is 9.53 Å². The van der Waals surface area contributed by atoms with Crippen LogP contribution in [0.2, 0.25) is 0 Å². The fraction of sp³-hybridized carbons (Fsp3) is 0.562. The van der Waals surface area contributed by atoms with Crippen molar-refractivity contribution >= 4 is 5.91 Å². The Morgan fingerprint density at radius 2 is 1.68 bits per heavy atom. The van der Waals surface area contributed by atoms with E-state index in [9.17, 15) is 4.79 Å². The molecule has 1 aliphatic rings. The van der Waals surface area contributed by atoms with Gasteiger partial charge in [-0.3, -0.25) is 4.79 Å². The van der Waals surface area contributed by atoms with E-state index in [1.165, 1.54) is 6.42 Å². The van der Waals surface area contributed by atoms with Crippen LogP contribution in [-0.4, -0.2) is 30.0 Å². The third-order valence-electron chi connectivity index (χ3n) is 3.52.